The van der Waals surface area contributed by atoms with Crippen molar-refractivity contribution in [2.24, 2.45) is 7.05 Å². The fourth-order valence-electron chi connectivity index (χ4n) is 1.31. The molecule has 2 nitrogen and oxygen atoms in total. The van der Waals surface area contributed by atoms with Crippen molar-refractivity contribution in [2.75, 3.05) is 0 Å². The van der Waals surface area contributed by atoms with Gasteiger partial charge in [0.05, 0.1) is 4.88 Å². The first kappa shape index (κ1) is 8.92. The number of rotatable bonds is 1. The van der Waals surface area contributed by atoms with Crippen LogP contribution in [0.4, 0.5) is 0 Å². The number of aromatic nitrogens is 2. The Morgan fingerprint density at radius 2 is 2.31 bits per heavy atom. The van der Waals surface area contributed by atoms with Crippen molar-refractivity contribution in [3.8, 4) is 10.7 Å². The van der Waals surface area contributed by atoms with Gasteiger partial charge in [0.2, 0.25) is 0 Å². The van der Waals surface area contributed by atoms with E-state index < -0.39 is 0 Å². The smallest absolute Gasteiger partial charge is 0.150 e. The van der Waals surface area contributed by atoms with Gasteiger partial charge < -0.3 is 4.57 Å². The van der Waals surface area contributed by atoms with E-state index in [-0.39, 0.29) is 0 Å². The standard InChI is InChI=1S/C9H11N2PS/c1-6-5-7(12)13-8(6)9-10-3-4-11(9)2/h3-5H,12H2,1-2H3. The number of hydrogen-bond acceptors (Lipinski definition) is 2. The molecule has 1 atom stereocenters. The molecule has 0 saturated carbocycles. The topological polar surface area (TPSA) is 17.8 Å². The Morgan fingerprint density at radius 3 is 2.77 bits per heavy atom. The third-order valence-corrected chi connectivity index (χ3v) is 3.54. The molecule has 0 bridgehead atoms. The van der Waals surface area contributed by atoms with Crippen molar-refractivity contribution in [3.63, 3.8) is 0 Å². The van der Waals surface area contributed by atoms with Crippen LogP contribution in [0.3, 0.4) is 0 Å². The van der Waals surface area contributed by atoms with Gasteiger partial charge in [-0.3, -0.25) is 0 Å². The zero-order valence-corrected chi connectivity index (χ0v) is 9.58. The third-order valence-electron chi connectivity index (χ3n) is 1.96. The number of hydrogen-bond donors (Lipinski definition) is 0. The summed E-state index contributed by atoms with van der Waals surface area (Å²) in [5.41, 5.74) is 1.30. The molecule has 0 spiro atoms. The molecule has 2 rings (SSSR count). The van der Waals surface area contributed by atoms with Crippen molar-refractivity contribution in [1.29, 1.82) is 0 Å². The van der Waals surface area contributed by atoms with E-state index in [1.54, 1.807) is 11.3 Å². The molecule has 2 aromatic heterocycles. The summed E-state index contributed by atoms with van der Waals surface area (Å²) in [6.45, 7) is 2.12. The summed E-state index contributed by atoms with van der Waals surface area (Å²) in [7, 11) is 4.74. The van der Waals surface area contributed by atoms with Gasteiger partial charge in [-0.1, -0.05) is 9.24 Å². The van der Waals surface area contributed by atoms with Crippen molar-refractivity contribution in [3.05, 3.63) is 24.0 Å². The Bertz CT molecular complexity index is 431. The lowest BCUT2D eigenvalue weighted by Crippen LogP contribution is -1.89. The van der Waals surface area contributed by atoms with Crippen molar-refractivity contribution < 1.29 is 0 Å². The number of thiophene rings is 1. The molecule has 0 amide bonds. The second-order valence-corrected chi connectivity index (χ2v) is 5.15. The van der Waals surface area contributed by atoms with E-state index in [1.165, 1.54) is 15.1 Å². The lowest BCUT2D eigenvalue weighted by atomic mass is 10.3. The van der Waals surface area contributed by atoms with Gasteiger partial charge in [0.1, 0.15) is 5.82 Å². The number of nitrogens with zero attached hydrogens (tertiary/aromatic N) is 2. The van der Waals surface area contributed by atoms with Gasteiger partial charge in [-0.15, -0.1) is 11.3 Å². The molecule has 68 valence electrons. The summed E-state index contributed by atoms with van der Waals surface area (Å²) in [6, 6.07) is 2.17. The average molecular weight is 210 g/mol. The van der Waals surface area contributed by atoms with Crippen LogP contribution in [0.25, 0.3) is 10.7 Å². The fourth-order valence-corrected chi connectivity index (χ4v) is 2.90. The molecule has 1 unspecified atom stereocenters. The minimum Gasteiger partial charge on any atom is -0.333 e. The van der Waals surface area contributed by atoms with E-state index in [2.05, 4.69) is 27.2 Å². The second kappa shape index (κ2) is 3.24. The SMILES string of the molecule is Cc1cc(P)sc1-c1nccn1C. The quantitative estimate of drug-likeness (QED) is 0.658. The Balaban J connectivity index is 2.58. The monoisotopic (exact) mass is 210 g/mol. The third kappa shape index (κ3) is 1.54. The molecule has 0 fully saturated rings. The maximum Gasteiger partial charge on any atom is 0.150 e. The van der Waals surface area contributed by atoms with Gasteiger partial charge in [-0.2, -0.15) is 0 Å². The molecule has 13 heavy (non-hydrogen) atoms. The first-order chi connectivity index (χ1) is 6.18. The van der Waals surface area contributed by atoms with Crippen LogP contribution in [0.1, 0.15) is 5.56 Å². The summed E-state index contributed by atoms with van der Waals surface area (Å²) < 4.78 is 3.30. The summed E-state index contributed by atoms with van der Waals surface area (Å²) in [4.78, 5) is 5.59. The molecular weight excluding hydrogens is 199 g/mol. The molecular formula is C9H11N2PS. The van der Waals surface area contributed by atoms with Crippen LogP contribution in [-0.2, 0) is 7.05 Å². The summed E-state index contributed by atoms with van der Waals surface area (Å²) in [5, 5.41) is 0. The Kier molecular flexibility index (Phi) is 2.22. The first-order valence-corrected chi connectivity index (χ1v) is 5.41. The van der Waals surface area contributed by atoms with E-state index >= 15 is 0 Å². The number of aryl methyl sites for hydroxylation is 2. The maximum absolute atomic E-state index is 4.32. The predicted molar refractivity (Wildman–Crippen MR) is 60.6 cm³/mol. The van der Waals surface area contributed by atoms with E-state index in [4.69, 9.17) is 0 Å². The second-order valence-electron chi connectivity index (χ2n) is 3.02. The molecule has 0 aliphatic carbocycles. The van der Waals surface area contributed by atoms with Crippen LogP contribution >= 0.6 is 20.6 Å². The highest BCUT2D eigenvalue weighted by Gasteiger charge is 2.09. The maximum atomic E-state index is 4.32. The van der Waals surface area contributed by atoms with Crippen LogP contribution in [0.5, 0.6) is 0 Å². The predicted octanol–water partition coefficient (Wildman–Crippen LogP) is 1.96. The van der Waals surface area contributed by atoms with E-state index in [0.29, 0.717) is 0 Å². The fraction of sp³-hybridized carbons (Fsp3) is 0.222. The molecule has 0 aliphatic rings. The molecule has 4 heteroatoms. The van der Waals surface area contributed by atoms with Crippen LogP contribution in [0, 0.1) is 6.92 Å². The summed E-state index contributed by atoms with van der Waals surface area (Å²) in [6.07, 6.45) is 3.80. The average Bonchev–Trinajstić information content (AvgIpc) is 2.58. The molecule has 2 heterocycles. The number of imidazole rings is 1. The van der Waals surface area contributed by atoms with Crippen LogP contribution < -0.4 is 4.62 Å². The summed E-state index contributed by atoms with van der Waals surface area (Å²) in [5.74, 6) is 1.05. The van der Waals surface area contributed by atoms with Gasteiger partial charge in [0.15, 0.2) is 0 Å². The van der Waals surface area contributed by atoms with Crippen LogP contribution in [0.2, 0.25) is 0 Å². The highest BCUT2D eigenvalue weighted by Crippen LogP contribution is 2.26. The Hall–Kier alpha value is -0.660. The van der Waals surface area contributed by atoms with Gasteiger partial charge in [0.25, 0.3) is 0 Å². The molecule has 0 aliphatic heterocycles. The van der Waals surface area contributed by atoms with Gasteiger partial charge >= 0.3 is 0 Å². The lowest BCUT2D eigenvalue weighted by molar-refractivity contribution is 0.927. The van der Waals surface area contributed by atoms with E-state index in [1.807, 2.05) is 24.0 Å². The molecule has 0 aromatic carbocycles. The molecule has 0 saturated heterocycles. The van der Waals surface area contributed by atoms with Crippen molar-refractivity contribution in [1.82, 2.24) is 9.55 Å². The first-order valence-electron chi connectivity index (χ1n) is 4.02. The minimum absolute atomic E-state index is 1.05. The zero-order valence-electron chi connectivity index (χ0n) is 7.61. The lowest BCUT2D eigenvalue weighted by Gasteiger charge is -1.98. The highest BCUT2D eigenvalue weighted by atomic mass is 32.1. The van der Waals surface area contributed by atoms with Crippen molar-refractivity contribution in [2.45, 2.75) is 6.92 Å². The van der Waals surface area contributed by atoms with Gasteiger partial charge in [-0.25, -0.2) is 4.98 Å². The van der Waals surface area contributed by atoms with Crippen molar-refractivity contribution >= 4 is 25.2 Å². The zero-order chi connectivity index (χ0) is 9.42. The molecule has 0 N–H and O–H groups in total. The van der Waals surface area contributed by atoms with E-state index in [9.17, 15) is 0 Å². The van der Waals surface area contributed by atoms with Gasteiger partial charge in [0, 0.05) is 24.1 Å². The van der Waals surface area contributed by atoms with Crippen LogP contribution in [-0.4, -0.2) is 9.55 Å². The van der Waals surface area contributed by atoms with Gasteiger partial charge in [-0.05, 0) is 18.6 Å². The largest absolute Gasteiger partial charge is 0.333 e. The Labute approximate surface area is 83.8 Å². The molecule has 0 radical (unpaired) electrons. The van der Waals surface area contributed by atoms with E-state index in [0.717, 1.165) is 5.82 Å². The minimum atomic E-state index is 1.05. The highest BCUT2D eigenvalue weighted by molar-refractivity contribution is 7.44. The molecule has 2 aromatic rings. The summed E-state index contributed by atoms with van der Waals surface area (Å²) >= 11 is 1.77. The normalized spacial score (nSPS) is 10.7. The Morgan fingerprint density at radius 1 is 1.54 bits per heavy atom. The van der Waals surface area contributed by atoms with Crippen LogP contribution in [0.15, 0.2) is 18.5 Å².